The minimum atomic E-state index is -0.357. The molecule has 0 fully saturated rings. The Balaban J connectivity index is 1.48. The summed E-state index contributed by atoms with van der Waals surface area (Å²) in [4.78, 5) is 29.4. The van der Waals surface area contributed by atoms with Crippen molar-refractivity contribution in [2.24, 2.45) is 0 Å². The summed E-state index contributed by atoms with van der Waals surface area (Å²) in [5.41, 5.74) is 2.89. The number of amides is 2. The summed E-state index contributed by atoms with van der Waals surface area (Å²) in [5, 5.41) is 9.94. The molecule has 0 unspecified atom stereocenters. The van der Waals surface area contributed by atoms with Gasteiger partial charge >= 0.3 is 0 Å². The minimum Gasteiger partial charge on any atom is -0.321 e. The van der Waals surface area contributed by atoms with Crippen molar-refractivity contribution in [1.29, 1.82) is 0 Å². The largest absolute Gasteiger partial charge is 0.321 e. The molecule has 154 valence electrons. The zero-order chi connectivity index (χ0) is 21.8. The van der Waals surface area contributed by atoms with Crippen LogP contribution in [0.4, 0.5) is 11.5 Å². The molecule has 2 N–H and O–H groups in total. The third-order valence-corrected chi connectivity index (χ3v) is 4.94. The molecule has 31 heavy (non-hydrogen) atoms. The number of aryl methyl sites for hydroxylation is 1. The van der Waals surface area contributed by atoms with Gasteiger partial charge in [-0.05, 0) is 71.4 Å². The number of aromatic nitrogens is 3. The van der Waals surface area contributed by atoms with Gasteiger partial charge in [0.1, 0.15) is 5.82 Å². The Hall–Kier alpha value is -3.78. The molecule has 4 rings (SSSR count). The van der Waals surface area contributed by atoms with E-state index < -0.39 is 0 Å². The van der Waals surface area contributed by atoms with Crippen LogP contribution in [0.25, 0.3) is 5.69 Å². The van der Waals surface area contributed by atoms with Gasteiger partial charge in [0.05, 0.1) is 5.69 Å². The standard InChI is InChI=1S/C23H18BrN5O2/c1-15-12-20(28-29(15)19-8-3-2-4-9-19)23(31)26-18-7-5-6-16(13-18)22(30)27-21-11-10-17(24)14-25-21/h2-14H,1H3,(H,26,31)(H,25,27,30). The Bertz CT molecular complexity index is 1240. The fourth-order valence-electron chi connectivity index (χ4n) is 2.99. The van der Waals surface area contributed by atoms with E-state index in [0.717, 1.165) is 15.9 Å². The molecule has 2 heterocycles. The van der Waals surface area contributed by atoms with Crippen molar-refractivity contribution in [1.82, 2.24) is 14.8 Å². The van der Waals surface area contributed by atoms with E-state index in [1.165, 1.54) is 0 Å². The molecule has 0 atom stereocenters. The molecular weight excluding hydrogens is 458 g/mol. The van der Waals surface area contributed by atoms with E-state index in [4.69, 9.17) is 0 Å². The molecule has 2 aromatic heterocycles. The summed E-state index contributed by atoms with van der Waals surface area (Å²) in [6.07, 6.45) is 1.60. The Labute approximate surface area is 187 Å². The predicted molar refractivity (Wildman–Crippen MR) is 123 cm³/mol. The summed E-state index contributed by atoms with van der Waals surface area (Å²) < 4.78 is 2.53. The maximum Gasteiger partial charge on any atom is 0.276 e. The lowest BCUT2D eigenvalue weighted by Gasteiger charge is -2.07. The molecule has 2 amide bonds. The molecule has 7 nitrogen and oxygen atoms in total. The number of hydrogen-bond donors (Lipinski definition) is 2. The summed E-state index contributed by atoms with van der Waals surface area (Å²) in [7, 11) is 0. The number of rotatable bonds is 5. The molecule has 0 aliphatic rings. The van der Waals surface area contributed by atoms with Crippen molar-refractivity contribution >= 4 is 39.2 Å². The lowest BCUT2D eigenvalue weighted by Crippen LogP contribution is -2.15. The van der Waals surface area contributed by atoms with Crippen LogP contribution in [0.5, 0.6) is 0 Å². The van der Waals surface area contributed by atoms with Gasteiger partial charge in [-0.1, -0.05) is 24.3 Å². The number of anilines is 2. The van der Waals surface area contributed by atoms with E-state index in [1.54, 1.807) is 53.3 Å². The number of carbonyl (C=O) groups is 2. The molecule has 8 heteroatoms. The molecule has 0 spiro atoms. The van der Waals surface area contributed by atoms with Gasteiger partial charge in [0.25, 0.3) is 11.8 Å². The minimum absolute atomic E-state index is 0.287. The van der Waals surface area contributed by atoms with Gasteiger partial charge in [0.2, 0.25) is 0 Å². The number of pyridine rings is 1. The third-order valence-electron chi connectivity index (χ3n) is 4.47. The van der Waals surface area contributed by atoms with Crippen molar-refractivity contribution in [2.75, 3.05) is 10.6 Å². The number of para-hydroxylation sites is 1. The smallest absolute Gasteiger partial charge is 0.276 e. The number of benzene rings is 2. The highest BCUT2D eigenvalue weighted by Crippen LogP contribution is 2.17. The predicted octanol–water partition coefficient (Wildman–Crippen LogP) is 4.84. The zero-order valence-electron chi connectivity index (χ0n) is 16.5. The average Bonchev–Trinajstić information content (AvgIpc) is 3.18. The molecular formula is C23H18BrN5O2. The third kappa shape index (κ3) is 4.87. The maximum atomic E-state index is 12.7. The lowest BCUT2D eigenvalue weighted by atomic mass is 10.2. The number of hydrogen-bond acceptors (Lipinski definition) is 4. The van der Waals surface area contributed by atoms with Gasteiger partial charge < -0.3 is 10.6 Å². The van der Waals surface area contributed by atoms with Crippen LogP contribution in [-0.4, -0.2) is 26.6 Å². The Kier molecular flexibility index (Phi) is 5.90. The number of nitrogens with zero attached hydrogens (tertiary/aromatic N) is 3. The van der Waals surface area contributed by atoms with E-state index in [-0.39, 0.29) is 17.5 Å². The summed E-state index contributed by atoms with van der Waals surface area (Å²) >= 11 is 3.31. The van der Waals surface area contributed by atoms with Gasteiger partial charge in [-0.15, -0.1) is 0 Å². The van der Waals surface area contributed by atoms with Crippen molar-refractivity contribution in [3.63, 3.8) is 0 Å². The first kappa shape index (κ1) is 20.5. The Morgan fingerprint density at radius 1 is 0.903 bits per heavy atom. The molecule has 4 aromatic rings. The van der Waals surface area contributed by atoms with Crippen molar-refractivity contribution < 1.29 is 9.59 Å². The SMILES string of the molecule is Cc1cc(C(=O)Nc2cccc(C(=O)Nc3ccc(Br)cn3)c2)nn1-c1ccccc1. The van der Waals surface area contributed by atoms with E-state index in [1.807, 2.05) is 37.3 Å². The van der Waals surface area contributed by atoms with E-state index in [2.05, 4.69) is 36.6 Å². The second-order valence-corrected chi connectivity index (χ2v) is 7.68. The lowest BCUT2D eigenvalue weighted by molar-refractivity contribution is 0.101. The van der Waals surface area contributed by atoms with Crippen LogP contribution in [0.1, 0.15) is 26.5 Å². The van der Waals surface area contributed by atoms with Crippen LogP contribution in [-0.2, 0) is 0 Å². The van der Waals surface area contributed by atoms with Gasteiger partial charge in [-0.25, -0.2) is 9.67 Å². The second kappa shape index (κ2) is 8.93. The fraction of sp³-hybridized carbons (Fsp3) is 0.0435. The zero-order valence-corrected chi connectivity index (χ0v) is 18.1. The normalized spacial score (nSPS) is 10.5. The molecule has 2 aromatic carbocycles. The molecule has 0 bridgehead atoms. The molecule has 0 saturated carbocycles. The van der Waals surface area contributed by atoms with Crippen molar-refractivity contribution in [3.05, 3.63) is 100 Å². The number of carbonyl (C=O) groups excluding carboxylic acids is 2. The summed E-state index contributed by atoms with van der Waals surface area (Å²) in [6.45, 7) is 1.89. The van der Waals surface area contributed by atoms with Crippen LogP contribution in [0, 0.1) is 6.92 Å². The summed E-state index contributed by atoms with van der Waals surface area (Å²) in [5.74, 6) is -0.246. The molecule has 0 saturated heterocycles. The molecule has 0 radical (unpaired) electrons. The van der Waals surface area contributed by atoms with Crippen LogP contribution < -0.4 is 10.6 Å². The van der Waals surface area contributed by atoms with Gasteiger partial charge in [0.15, 0.2) is 5.69 Å². The monoisotopic (exact) mass is 475 g/mol. The number of halogens is 1. The van der Waals surface area contributed by atoms with Crippen LogP contribution >= 0.6 is 15.9 Å². The van der Waals surface area contributed by atoms with Crippen LogP contribution in [0.3, 0.4) is 0 Å². The first-order valence-corrected chi connectivity index (χ1v) is 10.3. The highest BCUT2D eigenvalue weighted by molar-refractivity contribution is 9.10. The van der Waals surface area contributed by atoms with Crippen molar-refractivity contribution in [2.45, 2.75) is 6.92 Å². The Morgan fingerprint density at radius 3 is 2.45 bits per heavy atom. The Morgan fingerprint density at radius 2 is 1.71 bits per heavy atom. The first-order chi connectivity index (χ1) is 15.0. The second-order valence-electron chi connectivity index (χ2n) is 6.77. The van der Waals surface area contributed by atoms with Gasteiger partial charge in [-0.3, -0.25) is 9.59 Å². The topological polar surface area (TPSA) is 88.9 Å². The number of nitrogens with one attached hydrogen (secondary N) is 2. The van der Waals surface area contributed by atoms with Gasteiger partial charge in [-0.2, -0.15) is 5.10 Å². The van der Waals surface area contributed by atoms with E-state index in [9.17, 15) is 9.59 Å². The highest BCUT2D eigenvalue weighted by Gasteiger charge is 2.15. The fourth-order valence-corrected chi connectivity index (χ4v) is 3.22. The van der Waals surface area contributed by atoms with E-state index >= 15 is 0 Å². The van der Waals surface area contributed by atoms with Crippen LogP contribution in [0.2, 0.25) is 0 Å². The average molecular weight is 476 g/mol. The maximum absolute atomic E-state index is 12.7. The van der Waals surface area contributed by atoms with E-state index in [0.29, 0.717) is 17.1 Å². The molecule has 0 aliphatic carbocycles. The van der Waals surface area contributed by atoms with Gasteiger partial charge in [0, 0.05) is 27.6 Å². The first-order valence-electron chi connectivity index (χ1n) is 9.46. The summed E-state index contributed by atoms with van der Waals surface area (Å²) in [6, 6.07) is 21.5. The highest BCUT2D eigenvalue weighted by atomic mass is 79.9. The van der Waals surface area contributed by atoms with Crippen molar-refractivity contribution in [3.8, 4) is 5.69 Å². The quantitative estimate of drug-likeness (QED) is 0.432. The molecule has 0 aliphatic heterocycles. The van der Waals surface area contributed by atoms with Crippen LogP contribution in [0.15, 0.2) is 83.5 Å².